The van der Waals surface area contributed by atoms with E-state index in [2.05, 4.69) is 53.6 Å². The summed E-state index contributed by atoms with van der Waals surface area (Å²) >= 11 is 0. The van der Waals surface area contributed by atoms with Gasteiger partial charge in [0.2, 0.25) is 0 Å². The lowest BCUT2D eigenvalue weighted by Gasteiger charge is -2.26. The number of aromatic nitrogens is 2. The summed E-state index contributed by atoms with van der Waals surface area (Å²) in [6, 6.07) is 2.14. The summed E-state index contributed by atoms with van der Waals surface area (Å²) in [5, 5.41) is 3.40. The third kappa shape index (κ3) is 4.54. The van der Waals surface area contributed by atoms with Gasteiger partial charge in [0.15, 0.2) is 0 Å². The Morgan fingerprint density at radius 3 is 2.47 bits per heavy atom. The molecule has 4 N–H and O–H groups in total. The third-order valence-corrected chi connectivity index (χ3v) is 2.51. The highest BCUT2D eigenvalue weighted by molar-refractivity contribution is 5.46. The first-order valence-corrected chi connectivity index (χ1v) is 5.73. The van der Waals surface area contributed by atoms with Crippen molar-refractivity contribution >= 4 is 11.6 Å². The molecule has 1 aromatic heterocycles. The zero-order valence-electron chi connectivity index (χ0n) is 10.9. The SMILES string of the molecule is CC(C)C(CN(C)C)Nc1cc(NN)ncn1. The van der Waals surface area contributed by atoms with Crippen molar-refractivity contribution < 1.29 is 0 Å². The number of nitrogens with one attached hydrogen (secondary N) is 2. The normalized spacial score (nSPS) is 12.9. The highest BCUT2D eigenvalue weighted by atomic mass is 15.3. The van der Waals surface area contributed by atoms with E-state index >= 15 is 0 Å². The number of likely N-dealkylation sites (N-methyl/N-ethyl adjacent to an activating group) is 1. The van der Waals surface area contributed by atoms with E-state index in [0.29, 0.717) is 17.8 Å². The van der Waals surface area contributed by atoms with Crippen LogP contribution in [0.2, 0.25) is 0 Å². The molecule has 0 aliphatic carbocycles. The molecule has 17 heavy (non-hydrogen) atoms. The van der Waals surface area contributed by atoms with Crippen LogP contribution in [0, 0.1) is 5.92 Å². The van der Waals surface area contributed by atoms with Gasteiger partial charge in [-0.05, 0) is 20.0 Å². The van der Waals surface area contributed by atoms with Gasteiger partial charge in [-0.3, -0.25) is 0 Å². The zero-order valence-corrected chi connectivity index (χ0v) is 10.9. The maximum atomic E-state index is 5.31. The predicted octanol–water partition coefficient (Wildman–Crippen LogP) is 0.760. The molecule has 0 fully saturated rings. The Kier molecular flexibility index (Phi) is 5.11. The second kappa shape index (κ2) is 6.36. The second-order valence-electron chi connectivity index (χ2n) is 4.69. The van der Waals surface area contributed by atoms with Crippen LogP contribution < -0.4 is 16.6 Å². The molecule has 1 heterocycles. The van der Waals surface area contributed by atoms with E-state index in [1.807, 2.05) is 0 Å². The average Bonchev–Trinajstić information content (AvgIpc) is 2.27. The Morgan fingerprint density at radius 1 is 1.29 bits per heavy atom. The van der Waals surface area contributed by atoms with Crippen LogP contribution in [-0.4, -0.2) is 41.5 Å². The molecule has 96 valence electrons. The molecule has 0 aromatic carbocycles. The number of rotatable bonds is 6. The van der Waals surface area contributed by atoms with Crippen LogP contribution in [0.15, 0.2) is 12.4 Å². The van der Waals surface area contributed by atoms with Crippen molar-refractivity contribution in [3.05, 3.63) is 12.4 Å². The number of hydrogen-bond donors (Lipinski definition) is 3. The van der Waals surface area contributed by atoms with Gasteiger partial charge in [0.25, 0.3) is 0 Å². The number of anilines is 2. The summed E-state index contributed by atoms with van der Waals surface area (Å²) in [4.78, 5) is 10.3. The molecule has 0 aliphatic heterocycles. The van der Waals surface area contributed by atoms with Gasteiger partial charge in [-0.1, -0.05) is 13.8 Å². The molecule has 0 aliphatic rings. The molecule has 0 radical (unpaired) electrons. The molecule has 1 atom stereocenters. The third-order valence-electron chi connectivity index (χ3n) is 2.51. The van der Waals surface area contributed by atoms with Crippen LogP contribution in [0.25, 0.3) is 0 Å². The molecular weight excluding hydrogens is 216 g/mol. The van der Waals surface area contributed by atoms with Crippen molar-refractivity contribution in [2.45, 2.75) is 19.9 Å². The van der Waals surface area contributed by atoms with Gasteiger partial charge in [-0.25, -0.2) is 15.8 Å². The molecule has 0 saturated heterocycles. The molecule has 1 unspecified atom stereocenters. The van der Waals surface area contributed by atoms with E-state index in [1.54, 1.807) is 6.07 Å². The van der Waals surface area contributed by atoms with Crippen molar-refractivity contribution in [3.8, 4) is 0 Å². The minimum absolute atomic E-state index is 0.338. The topological polar surface area (TPSA) is 79.1 Å². The zero-order chi connectivity index (χ0) is 12.8. The maximum absolute atomic E-state index is 5.31. The van der Waals surface area contributed by atoms with Crippen molar-refractivity contribution in [1.82, 2.24) is 14.9 Å². The Balaban J connectivity index is 2.71. The Labute approximate surface area is 103 Å². The molecule has 6 nitrogen and oxygen atoms in total. The van der Waals surface area contributed by atoms with Crippen molar-refractivity contribution in [2.24, 2.45) is 11.8 Å². The van der Waals surface area contributed by atoms with Crippen LogP contribution in [0.4, 0.5) is 11.6 Å². The molecule has 0 spiro atoms. The summed E-state index contributed by atoms with van der Waals surface area (Å²) < 4.78 is 0. The number of nitrogens with zero attached hydrogens (tertiary/aromatic N) is 3. The van der Waals surface area contributed by atoms with Crippen molar-refractivity contribution in [3.63, 3.8) is 0 Å². The molecule has 6 heteroatoms. The first kappa shape index (κ1) is 13.7. The minimum atomic E-state index is 0.338. The number of nitrogens with two attached hydrogens (primary N) is 1. The van der Waals surface area contributed by atoms with Crippen molar-refractivity contribution in [2.75, 3.05) is 31.4 Å². The lowest BCUT2D eigenvalue weighted by molar-refractivity contribution is 0.344. The van der Waals surface area contributed by atoms with Crippen LogP contribution in [0.1, 0.15) is 13.8 Å². The predicted molar refractivity (Wildman–Crippen MR) is 70.6 cm³/mol. The molecule has 1 aromatic rings. The Morgan fingerprint density at radius 2 is 1.94 bits per heavy atom. The molecule has 0 bridgehead atoms. The molecular formula is C11H22N6. The standard InChI is InChI=1S/C11H22N6/c1-8(2)9(6-17(3)4)15-10-5-11(16-12)14-7-13-10/h5,7-9H,6,12H2,1-4H3,(H2,13,14,15,16). The van der Waals surface area contributed by atoms with Gasteiger partial charge in [-0.15, -0.1) is 0 Å². The van der Waals surface area contributed by atoms with E-state index in [4.69, 9.17) is 5.84 Å². The summed E-state index contributed by atoms with van der Waals surface area (Å²) in [5.41, 5.74) is 2.51. The lowest BCUT2D eigenvalue weighted by Crippen LogP contribution is -2.36. The highest BCUT2D eigenvalue weighted by Gasteiger charge is 2.14. The first-order chi connectivity index (χ1) is 8.02. The van der Waals surface area contributed by atoms with E-state index in [9.17, 15) is 0 Å². The van der Waals surface area contributed by atoms with E-state index in [0.717, 1.165) is 12.4 Å². The van der Waals surface area contributed by atoms with Gasteiger partial charge < -0.3 is 15.6 Å². The fourth-order valence-corrected chi connectivity index (χ4v) is 1.52. The molecule has 0 amide bonds. The second-order valence-corrected chi connectivity index (χ2v) is 4.69. The van der Waals surface area contributed by atoms with E-state index in [1.165, 1.54) is 6.33 Å². The van der Waals surface area contributed by atoms with Gasteiger partial charge in [-0.2, -0.15) is 0 Å². The van der Waals surface area contributed by atoms with Gasteiger partial charge in [0.05, 0.1) is 0 Å². The van der Waals surface area contributed by atoms with Crippen LogP contribution >= 0.6 is 0 Å². The van der Waals surface area contributed by atoms with E-state index < -0.39 is 0 Å². The first-order valence-electron chi connectivity index (χ1n) is 5.73. The number of hydrazine groups is 1. The minimum Gasteiger partial charge on any atom is -0.366 e. The quantitative estimate of drug-likeness (QED) is 0.501. The molecule has 0 saturated carbocycles. The Hall–Kier alpha value is -1.40. The monoisotopic (exact) mass is 238 g/mol. The van der Waals surface area contributed by atoms with Crippen LogP contribution in [0.5, 0.6) is 0 Å². The fraction of sp³-hybridized carbons (Fsp3) is 0.636. The average molecular weight is 238 g/mol. The number of nitrogen functional groups attached to an aromatic ring is 1. The largest absolute Gasteiger partial charge is 0.366 e. The van der Waals surface area contributed by atoms with Crippen molar-refractivity contribution in [1.29, 1.82) is 0 Å². The van der Waals surface area contributed by atoms with Gasteiger partial charge in [0, 0.05) is 18.7 Å². The van der Waals surface area contributed by atoms with Gasteiger partial charge >= 0.3 is 0 Å². The lowest BCUT2D eigenvalue weighted by atomic mass is 10.0. The summed E-state index contributed by atoms with van der Waals surface area (Å²) in [5.74, 6) is 7.22. The summed E-state index contributed by atoms with van der Waals surface area (Å²) in [6.07, 6.45) is 1.49. The maximum Gasteiger partial charge on any atom is 0.145 e. The summed E-state index contributed by atoms with van der Waals surface area (Å²) in [6.45, 7) is 5.32. The smallest absolute Gasteiger partial charge is 0.145 e. The Bertz CT molecular complexity index is 338. The van der Waals surface area contributed by atoms with E-state index in [-0.39, 0.29) is 0 Å². The summed E-state index contributed by atoms with van der Waals surface area (Å²) in [7, 11) is 4.12. The highest BCUT2D eigenvalue weighted by Crippen LogP contribution is 2.13. The fourth-order valence-electron chi connectivity index (χ4n) is 1.52. The number of hydrogen-bond acceptors (Lipinski definition) is 6. The van der Waals surface area contributed by atoms with Crippen LogP contribution in [-0.2, 0) is 0 Å². The van der Waals surface area contributed by atoms with Gasteiger partial charge in [0.1, 0.15) is 18.0 Å². The molecule has 1 rings (SSSR count). The van der Waals surface area contributed by atoms with Crippen LogP contribution in [0.3, 0.4) is 0 Å².